The van der Waals surface area contributed by atoms with Gasteiger partial charge < -0.3 is 10.7 Å². The number of nitrogens with one attached hydrogen (secondary N) is 1. The van der Waals surface area contributed by atoms with Crippen molar-refractivity contribution in [2.45, 2.75) is 44.6 Å². The van der Waals surface area contributed by atoms with Crippen LogP contribution in [0.25, 0.3) is 11.3 Å². The lowest BCUT2D eigenvalue weighted by atomic mass is 9.86. The zero-order valence-corrected chi connectivity index (χ0v) is 11.6. The van der Waals surface area contributed by atoms with Gasteiger partial charge in [0.1, 0.15) is 5.82 Å². The summed E-state index contributed by atoms with van der Waals surface area (Å²) in [6.07, 6.45) is 8.44. The first-order valence-electron chi connectivity index (χ1n) is 6.94. The highest BCUT2D eigenvalue weighted by atomic mass is 15.2. The van der Waals surface area contributed by atoms with Crippen LogP contribution in [-0.2, 0) is 7.05 Å². The van der Waals surface area contributed by atoms with E-state index >= 15 is 0 Å². The van der Waals surface area contributed by atoms with E-state index in [-0.39, 0.29) is 0 Å². The zero-order valence-electron chi connectivity index (χ0n) is 11.6. The Balaban J connectivity index is 1.81. The minimum atomic E-state index is 0.381. The van der Waals surface area contributed by atoms with Crippen LogP contribution < -0.4 is 5.73 Å². The summed E-state index contributed by atoms with van der Waals surface area (Å²) in [6.45, 7) is 2.02. The smallest absolute Gasteiger partial charge is 0.109 e. The number of hydrogen-bond acceptors (Lipinski definition) is 3. The van der Waals surface area contributed by atoms with Crippen molar-refractivity contribution in [2.75, 3.05) is 0 Å². The summed E-state index contributed by atoms with van der Waals surface area (Å²) in [6, 6.07) is 0.381. The molecule has 0 unspecified atom stereocenters. The van der Waals surface area contributed by atoms with Gasteiger partial charge in [0.25, 0.3) is 0 Å². The summed E-state index contributed by atoms with van der Waals surface area (Å²) in [5.41, 5.74) is 9.18. The van der Waals surface area contributed by atoms with Gasteiger partial charge in [0.15, 0.2) is 0 Å². The van der Waals surface area contributed by atoms with Crippen molar-refractivity contribution >= 4 is 0 Å². The third-order valence-corrected chi connectivity index (χ3v) is 4.06. The van der Waals surface area contributed by atoms with Crippen molar-refractivity contribution in [3.8, 4) is 11.3 Å². The summed E-state index contributed by atoms with van der Waals surface area (Å²) >= 11 is 0. The molecule has 5 heteroatoms. The van der Waals surface area contributed by atoms with Crippen LogP contribution in [0.3, 0.4) is 0 Å². The first-order valence-corrected chi connectivity index (χ1v) is 6.94. The van der Waals surface area contributed by atoms with Gasteiger partial charge in [-0.3, -0.25) is 4.68 Å². The molecule has 1 fully saturated rings. The topological polar surface area (TPSA) is 72.5 Å². The molecule has 1 saturated carbocycles. The van der Waals surface area contributed by atoms with Gasteiger partial charge in [0, 0.05) is 30.8 Å². The van der Waals surface area contributed by atoms with Crippen LogP contribution in [0.1, 0.15) is 43.1 Å². The molecule has 1 aliphatic carbocycles. The van der Waals surface area contributed by atoms with Gasteiger partial charge in [-0.2, -0.15) is 5.10 Å². The highest BCUT2D eigenvalue weighted by Gasteiger charge is 2.22. The van der Waals surface area contributed by atoms with Crippen LogP contribution in [-0.4, -0.2) is 25.8 Å². The molecule has 0 atom stereocenters. The van der Waals surface area contributed by atoms with E-state index in [0.717, 1.165) is 48.5 Å². The summed E-state index contributed by atoms with van der Waals surface area (Å²) in [4.78, 5) is 8.02. The van der Waals surface area contributed by atoms with E-state index in [9.17, 15) is 0 Å². The third-order valence-electron chi connectivity index (χ3n) is 4.06. The minimum Gasteiger partial charge on any atom is -0.342 e. The van der Waals surface area contributed by atoms with Crippen molar-refractivity contribution in [1.29, 1.82) is 0 Å². The second kappa shape index (κ2) is 4.81. The molecule has 1 aliphatic rings. The molecule has 0 bridgehead atoms. The van der Waals surface area contributed by atoms with Crippen molar-refractivity contribution < 1.29 is 0 Å². The lowest BCUT2D eigenvalue weighted by molar-refractivity contribution is 0.386. The molecule has 0 amide bonds. The number of imidazole rings is 1. The largest absolute Gasteiger partial charge is 0.342 e. The molecule has 2 heterocycles. The molecule has 0 aromatic carbocycles. The van der Waals surface area contributed by atoms with E-state index in [2.05, 4.69) is 15.1 Å². The predicted octanol–water partition coefficient (Wildman–Crippen LogP) is 2.10. The number of H-pyrrole nitrogens is 1. The molecule has 102 valence electrons. The summed E-state index contributed by atoms with van der Waals surface area (Å²) in [7, 11) is 1.94. The Labute approximate surface area is 113 Å². The number of nitrogens with two attached hydrogens (primary N) is 1. The van der Waals surface area contributed by atoms with Crippen molar-refractivity contribution in [1.82, 2.24) is 19.7 Å². The minimum absolute atomic E-state index is 0.381. The Kier molecular flexibility index (Phi) is 3.14. The average Bonchev–Trinajstić information content (AvgIpc) is 2.97. The number of rotatable bonds is 2. The van der Waals surface area contributed by atoms with E-state index in [1.165, 1.54) is 0 Å². The molecule has 19 heavy (non-hydrogen) atoms. The van der Waals surface area contributed by atoms with Crippen LogP contribution in [0.5, 0.6) is 0 Å². The highest BCUT2D eigenvalue weighted by molar-refractivity contribution is 5.60. The molecule has 2 aromatic rings. The number of aromatic nitrogens is 4. The van der Waals surface area contributed by atoms with Crippen molar-refractivity contribution in [3.63, 3.8) is 0 Å². The molecule has 5 nitrogen and oxygen atoms in total. The van der Waals surface area contributed by atoms with Gasteiger partial charge in [-0.25, -0.2) is 4.98 Å². The Morgan fingerprint density at radius 1 is 1.32 bits per heavy atom. The molecule has 3 rings (SSSR count). The number of aromatic amines is 1. The van der Waals surface area contributed by atoms with Crippen LogP contribution in [0.4, 0.5) is 0 Å². The summed E-state index contributed by atoms with van der Waals surface area (Å²) < 4.78 is 1.84. The first-order chi connectivity index (χ1) is 9.13. The molecule has 2 aromatic heterocycles. The van der Waals surface area contributed by atoms with Crippen LogP contribution >= 0.6 is 0 Å². The molecule has 0 radical (unpaired) electrons. The molecule has 3 N–H and O–H groups in total. The Morgan fingerprint density at radius 2 is 2.05 bits per heavy atom. The fraction of sp³-hybridized carbons (Fsp3) is 0.571. The maximum Gasteiger partial charge on any atom is 0.109 e. The third kappa shape index (κ3) is 2.42. The first kappa shape index (κ1) is 12.4. The molecule has 0 aliphatic heterocycles. The second-order valence-corrected chi connectivity index (χ2v) is 5.60. The Hall–Kier alpha value is -1.62. The molecule has 0 spiro atoms. The number of aryl methyl sites for hydroxylation is 2. The van der Waals surface area contributed by atoms with Crippen molar-refractivity contribution in [2.24, 2.45) is 12.8 Å². The average molecular weight is 259 g/mol. The summed E-state index contributed by atoms with van der Waals surface area (Å²) in [5, 5.41) is 4.37. The van der Waals surface area contributed by atoms with Gasteiger partial charge in [-0.15, -0.1) is 0 Å². The number of nitrogens with zero attached hydrogens (tertiary/aromatic N) is 3. The maximum absolute atomic E-state index is 5.95. The fourth-order valence-electron chi connectivity index (χ4n) is 2.94. The second-order valence-electron chi connectivity index (χ2n) is 5.60. The quantitative estimate of drug-likeness (QED) is 0.867. The standard InChI is InChI=1S/C14H21N5/c1-9-12(8-19(2)18-9)13-7-16-14(17-13)10-3-5-11(15)6-4-10/h7-8,10-11H,3-6,15H2,1-2H3,(H,16,17). The van der Waals surface area contributed by atoms with Crippen molar-refractivity contribution in [3.05, 3.63) is 23.9 Å². The maximum atomic E-state index is 5.95. The normalized spacial score (nSPS) is 23.7. The SMILES string of the molecule is Cc1nn(C)cc1-c1cnc(C2CCC(N)CC2)[nH]1. The summed E-state index contributed by atoms with van der Waals surface area (Å²) in [5.74, 6) is 1.63. The van der Waals surface area contributed by atoms with Gasteiger partial charge in [0.05, 0.1) is 17.6 Å². The van der Waals surface area contributed by atoms with E-state index in [1.54, 1.807) is 0 Å². The fourth-order valence-corrected chi connectivity index (χ4v) is 2.94. The lowest BCUT2D eigenvalue weighted by Gasteiger charge is -2.24. The molecular weight excluding hydrogens is 238 g/mol. The van der Waals surface area contributed by atoms with E-state index in [4.69, 9.17) is 5.73 Å². The van der Waals surface area contributed by atoms with Crippen LogP contribution in [0.15, 0.2) is 12.4 Å². The molecule has 0 saturated heterocycles. The van der Waals surface area contributed by atoms with Gasteiger partial charge in [0.2, 0.25) is 0 Å². The van der Waals surface area contributed by atoms with E-state index < -0.39 is 0 Å². The zero-order chi connectivity index (χ0) is 13.4. The highest BCUT2D eigenvalue weighted by Crippen LogP contribution is 2.32. The van der Waals surface area contributed by atoms with E-state index in [1.807, 2.05) is 31.0 Å². The monoisotopic (exact) mass is 259 g/mol. The molecular formula is C14H21N5. The van der Waals surface area contributed by atoms with Crippen LogP contribution in [0.2, 0.25) is 0 Å². The van der Waals surface area contributed by atoms with E-state index in [0.29, 0.717) is 12.0 Å². The lowest BCUT2D eigenvalue weighted by Crippen LogP contribution is -2.26. The van der Waals surface area contributed by atoms with Crippen LogP contribution in [0, 0.1) is 6.92 Å². The predicted molar refractivity (Wildman–Crippen MR) is 74.7 cm³/mol. The van der Waals surface area contributed by atoms with Gasteiger partial charge in [-0.05, 0) is 32.6 Å². The Bertz CT molecular complexity index is 560. The Morgan fingerprint density at radius 3 is 2.68 bits per heavy atom. The van der Waals surface area contributed by atoms with Gasteiger partial charge in [-0.1, -0.05) is 0 Å². The van der Waals surface area contributed by atoms with Gasteiger partial charge >= 0.3 is 0 Å². The number of hydrogen-bond donors (Lipinski definition) is 2.